The van der Waals surface area contributed by atoms with Gasteiger partial charge in [-0.3, -0.25) is 4.79 Å². The Kier molecular flexibility index (Phi) is 6.81. The number of hydrogen-bond acceptors (Lipinski definition) is 3. The molecule has 3 aromatic rings. The summed E-state index contributed by atoms with van der Waals surface area (Å²) in [5.41, 5.74) is 0.894. The lowest BCUT2D eigenvalue weighted by Gasteiger charge is -2.22. The monoisotopic (exact) mass is 450 g/mol. The van der Waals surface area contributed by atoms with Crippen molar-refractivity contribution < 1.29 is 22.0 Å². The van der Waals surface area contributed by atoms with Crippen molar-refractivity contribution in [2.45, 2.75) is 11.4 Å². The van der Waals surface area contributed by atoms with E-state index in [1.54, 1.807) is 30.3 Å². The van der Waals surface area contributed by atoms with Crippen LogP contribution >= 0.6 is 11.6 Å². The van der Waals surface area contributed by atoms with E-state index in [1.165, 1.54) is 12.1 Å². The highest BCUT2D eigenvalue weighted by molar-refractivity contribution is 7.89. The zero-order valence-corrected chi connectivity index (χ0v) is 17.1. The molecule has 3 aromatic carbocycles. The molecule has 0 aliphatic carbocycles. The lowest BCUT2D eigenvalue weighted by atomic mass is 10.2. The summed E-state index contributed by atoms with van der Waals surface area (Å²) in [5, 5.41) is 2.33. The van der Waals surface area contributed by atoms with Gasteiger partial charge in [0.1, 0.15) is 11.6 Å². The van der Waals surface area contributed by atoms with Crippen molar-refractivity contribution in [2.24, 2.45) is 0 Å². The fourth-order valence-electron chi connectivity index (χ4n) is 2.70. The molecular formula is C21H17ClF2N2O3S. The van der Waals surface area contributed by atoms with Gasteiger partial charge >= 0.3 is 0 Å². The van der Waals surface area contributed by atoms with Crippen molar-refractivity contribution >= 4 is 33.2 Å². The number of benzene rings is 3. The molecule has 0 heterocycles. The van der Waals surface area contributed by atoms with Crippen molar-refractivity contribution in [3.05, 3.63) is 95.0 Å². The van der Waals surface area contributed by atoms with E-state index >= 15 is 0 Å². The predicted molar refractivity (Wildman–Crippen MR) is 110 cm³/mol. The largest absolute Gasteiger partial charge is 0.325 e. The molecule has 0 saturated carbocycles. The summed E-state index contributed by atoms with van der Waals surface area (Å²) >= 11 is 5.71. The number of amides is 1. The lowest BCUT2D eigenvalue weighted by Crippen LogP contribution is -2.37. The lowest BCUT2D eigenvalue weighted by molar-refractivity contribution is -0.116. The van der Waals surface area contributed by atoms with Gasteiger partial charge in [0.05, 0.1) is 16.5 Å². The van der Waals surface area contributed by atoms with Crippen molar-refractivity contribution in [1.29, 1.82) is 0 Å². The van der Waals surface area contributed by atoms with Crippen LogP contribution in [0.4, 0.5) is 14.5 Å². The first-order valence-corrected chi connectivity index (χ1v) is 10.6. The summed E-state index contributed by atoms with van der Waals surface area (Å²) in [5.74, 6) is -1.85. The zero-order chi connectivity index (χ0) is 21.7. The third-order valence-electron chi connectivity index (χ3n) is 4.18. The first-order valence-electron chi connectivity index (χ1n) is 8.80. The molecular weight excluding hydrogens is 434 g/mol. The Balaban J connectivity index is 1.86. The average molecular weight is 451 g/mol. The van der Waals surface area contributed by atoms with Crippen molar-refractivity contribution in [3.8, 4) is 0 Å². The Morgan fingerprint density at radius 3 is 2.27 bits per heavy atom. The van der Waals surface area contributed by atoms with Gasteiger partial charge in [0.25, 0.3) is 0 Å². The van der Waals surface area contributed by atoms with Gasteiger partial charge in [-0.25, -0.2) is 17.2 Å². The number of carbonyl (C=O) groups excluding carboxylic acids is 1. The number of hydrogen-bond donors (Lipinski definition) is 1. The third-order valence-corrected chi connectivity index (χ3v) is 6.27. The molecule has 0 spiro atoms. The van der Waals surface area contributed by atoms with Crippen molar-refractivity contribution in [3.63, 3.8) is 0 Å². The van der Waals surface area contributed by atoms with Gasteiger partial charge in [-0.05, 0) is 48.0 Å². The Bertz CT molecular complexity index is 1140. The first kappa shape index (κ1) is 21.9. The second-order valence-electron chi connectivity index (χ2n) is 6.39. The Labute approximate surface area is 178 Å². The fraction of sp³-hybridized carbons (Fsp3) is 0.0952. The van der Waals surface area contributed by atoms with E-state index < -0.39 is 34.1 Å². The maximum absolute atomic E-state index is 13.3. The van der Waals surface area contributed by atoms with Crippen LogP contribution in [0.5, 0.6) is 0 Å². The molecule has 0 saturated heterocycles. The van der Waals surface area contributed by atoms with Crippen LogP contribution < -0.4 is 5.32 Å². The van der Waals surface area contributed by atoms with Crippen LogP contribution in [0, 0.1) is 11.6 Å². The highest BCUT2D eigenvalue weighted by Crippen LogP contribution is 2.21. The molecule has 156 valence electrons. The van der Waals surface area contributed by atoms with Gasteiger partial charge in [-0.1, -0.05) is 41.9 Å². The molecule has 9 heteroatoms. The minimum absolute atomic E-state index is 0.0713. The third kappa shape index (κ3) is 5.41. The molecule has 0 radical (unpaired) electrons. The molecule has 30 heavy (non-hydrogen) atoms. The van der Waals surface area contributed by atoms with Crippen LogP contribution in [-0.2, 0) is 21.4 Å². The van der Waals surface area contributed by atoms with Crippen LogP contribution in [-0.4, -0.2) is 25.2 Å². The van der Waals surface area contributed by atoms with E-state index in [-0.39, 0.29) is 22.2 Å². The zero-order valence-electron chi connectivity index (χ0n) is 15.6. The maximum atomic E-state index is 13.3. The molecule has 0 aromatic heterocycles. The molecule has 0 aliphatic rings. The van der Waals surface area contributed by atoms with E-state index in [4.69, 9.17) is 11.6 Å². The number of nitrogens with zero attached hydrogens (tertiary/aromatic N) is 1. The number of anilines is 1. The number of nitrogens with one attached hydrogen (secondary N) is 1. The van der Waals surface area contributed by atoms with Crippen LogP contribution in [0.15, 0.2) is 77.7 Å². The van der Waals surface area contributed by atoms with E-state index in [2.05, 4.69) is 5.32 Å². The molecule has 0 atom stereocenters. The summed E-state index contributed by atoms with van der Waals surface area (Å²) in [6, 6.07) is 16.7. The summed E-state index contributed by atoms with van der Waals surface area (Å²) in [6.07, 6.45) is 0. The number of rotatable bonds is 7. The maximum Gasteiger partial charge on any atom is 0.243 e. The molecule has 3 rings (SSSR count). The number of sulfonamides is 1. The molecule has 0 fully saturated rings. The van der Waals surface area contributed by atoms with Gasteiger partial charge in [-0.2, -0.15) is 4.31 Å². The van der Waals surface area contributed by atoms with Gasteiger partial charge in [0.2, 0.25) is 15.9 Å². The molecule has 1 amide bonds. The Hall–Kier alpha value is -2.81. The molecule has 0 bridgehead atoms. The van der Waals surface area contributed by atoms with Gasteiger partial charge in [-0.15, -0.1) is 0 Å². The van der Waals surface area contributed by atoms with Crippen molar-refractivity contribution in [2.75, 3.05) is 11.9 Å². The number of halogens is 3. The summed E-state index contributed by atoms with van der Waals surface area (Å²) in [7, 11) is -4.10. The quantitative estimate of drug-likeness (QED) is 0.578. The molecule has 1 N–H and O–H groups in total. The van der Waals surface area contributed by atoms with Crippen LogP contribution in [0.2, 0.25) is 5.02 Å². The van der Waals surface area contributed by atoms with Crippen LogP contribution in [0.3, 0.4) is 0 Å². The topological polar surface area (TPSA) is 66.5 Å². The SMILES string of the molecule is O=C(CN(Cc1ccccc1)S(=O)(=O)c1ccc(F)cc1)Nc1ccc(F)c(Cl)c1. The van der Waals surface area contributed by atoms with Gasteiger partial charge in [0.15, 0.2) is 0 Å². The average Bonchev–Trinajstić information content (AvgIpc) is 2.71. The molecule has 0 unspecified atom stereocenters. The van der Waals surface area contributed by atoms with Gasteiger partial charge < -0.3 is 5.32 Å². The Morgan fingerprint density at radius 1 is 0.967 bits per heavy atom. The fourth-order valence-corrected chi connectivity index (χ4v) is 4.27. The summed E-state index contributed by atoms with van der Waals surface area (Å²) in [6.45, 7) is -0.582. The Morgan fingerprint density at radius 2 is 1.63 bits per heavy atom. The summed E-state index contributed by atoms with van der Waals surface area (Å²) < 4.78 is 53.7. The van der Waals surface area contributed by atoms with E-state index in [0.717, 1.165) is 34.6 Å². The first-order chi connectivity index (χ1) is 14.3. The normalized spacial score (nSPS) is 11.5. The van der Waals surface area contributed by atoms with E-state index in [0.29, 0.717) is 5.56 Å². The standard InChI is InChI=1S/C21H17ClF2N2O3S/c22-19-12-17(8-11-20(19)24)25-21(27)14-26(13-15-4-2-1-3-5-15)30(28,29)18-9-6-16(23)7-10-18/h1-12H,13-14H2,(H,25,27). The molecule has 0 aliphatic heterocycles. The number of carbonyl (C=O) groups is 1. The predicted octanol–water partition coefficient (Wildman–Crippen LogP) is 4.45. The molecule has 5 nitrogen and oxygen atoms in total. The highest BCUT2D eigenvalue weighted by atomic mass is 35.5. The van der Waals surface area contributed by atoms with Crippen LogP contribution in [0.1, 0.15) is 5.56 Å². The second kappa shape index (κ2) is 9.34. The smallest absolute Gasteiger partial charge is 0.243 e. The van der Waals surface area contributed by atoms with Crippen molar-refractivity contribution in [1.82, 2.24) is 4.31 Å². The van der Waals surface area contributed by atoms with E-state index in [1.807, 2.05) is 0 Å². The van der Waals surface area contributed by atoms with Gasteiger partial charge in [0, 0.05) is 12.2 Å². The van der Waals surface area contributed by atoms with Crippen LogP contribution in [0.25, 0.3) is 0 Å². The minimum atomic E-state index is -4.10. The minimum Gasteiger partial charge on any atom is -0.325 e. The second-order valence-corrected chi connectivity index (χ2v) is 8.73. The van der Waals surface area contributed by atoms with E-state index in [9.17, 15) is 22.0 Å². The summed E-state index contributed by atoms with van der Waals surface area (Å²) in [4.78, 5) is 12.4. The highest BCUT2D eigenvalue weighted by Gasteiger charge is 2.27.